The third-order valence-corrected chi connectivity index (χ3v) is 4.62. The van der Waals surface area contributed by atoms with Crippen LogP contribution in [0.25, 0.3) is 10.2 Å². The third-order valence-electron chi connectivity index (χ3n) is 3.68. The lowest BCUT2D eigenvalue weighted by molar-refractivity contribution is 0.101. The molecule has 0 atom stereocenters. The van der Waals surface area contributed by atoms with E-state index in [2.05, 4.69) is 17.2 Å². The van der Waals surface area contributed by atoms with Crippen LogP contribution in [0, 0.1) is 11.6 Å². The first-order valence-corrected chi connectivity index (χ1v) is 8.55. The molecule has 0 unspecified atom stereocenters. The number of fused-ring (bicyclic) bond motifs is 1. The van der Waals surface area contributed by atoms with E-state index in [1.807, 2.05) is 18.2 Å². The minimum absolute atomic E-state index is 0.324. The quantitative estimate of drug-likeness (QED) is 0.692. The maximum absolute atomic E-state index is 13.7. The summed E-state index contributed by atoms with van der Waals surface area (Å²) in [6, 6.07) is 9.28. The van der Waals surface area contributed by atoms with E-state index < -0.39 is 23.1 Å². The molecule has 0 radical (unpaired) electrons. The number of hydrogen-bond acceptors (Lipinski definition) is 3. The molecular weight excluding hydrogens is 330 g/mol. The molecule has 1 amide bonds. The van der Waals surface area contributed by atoms with Gasteiger partial charge in [0.15, 0.2) is 5.13 Å². The number of carbonyl (C=O) groups is 1. The minimum atomic E-state index is -0.893. The molecule has 1 N–H and O–H groups in total. The van der Waals surface area contributed by atoms with Gasteiger partial charge in [-0.1, -0.05) is 36.8 Å². The van der Waals surface area contributed by atoms with Crippen molar-refractivity contribution in [1.29, 1.82) is 0 Å². The van der Waals surface area contributed by atoms with Crippen LogP contribution in [0.15, 0.2) is 36.4 Å². The Morgan fingerprint density at radius 2 is 1.96 bits per heavy atom. The number of halogens is 2. The number of unbranched alkanes of at least 4 members (excludes halogenated alkanes) is 1. The van der Waals surface area contributed by atoms with E-state index in [0.717, 1.165) is 41.6 Å². The highest BCUT2D eigenvalue weighted by atomic mass is 32.1. The standard InChI is InChI=1S/C18H16F2N2OS/c1-2-3-5-11-8-9-14-15(10-11)24-18(21-14)22-17(23)16-12(19)6-4-7-13(16)20/h4,6-10H,2-3,5H2,1H3,(H,21,22,23). The molecule has 6 heteroatoms. The summed E-state index contributed by atoms with van der Waals surface area (Å²) in [6.45, 7) is 2.14. The fourth-order valence-corrected chi connectivity index (χ4v) is 3.36. The fraction of sp³-hybridized carbons (Fsp3) is 0.222. The van der Waals surface area contributed by atoms with Crippen LogP contribution in [-0.2, 0) is 6.42 Å². The maximum Gasteiger partial charge on any atom is 0.263 e. The van der Waals surface area contributed by atoms with Crippen LogP contribution in [0.3, 0.4) is 0 Å². The second-order valence-corrected chi connectivity index (χ2v) is 6.51. The van der Waals surface area contributed by atoms with E-state index in [9.17, 15) is 13.6 Å². The summed E-state index contributed by atoms with van der Waals surface area (Å²) in [5.74, 6) is -2.62. The average molecular weight is 346 g/mol. The van der Waals surface area contributed by atoms with Gasteiger partial charge in [0.1, 0.15) is 17.2 Å². The van der Waals surface area contributed by atoms with Gasteiger partial charge in [0, 0.05) is 0 Å². The molecule has 0 aliphatic carbocycles. The Balaban J connectivity index is 1.83. The van der Waals surface area contributed by atoms with Crippen LogP contribution in [0.1, 0.15) is 35.7 Å². The normalized spacial score (nSPS) is 11.0. The van der Waals surface area contributed by atoms with Crippen molar-refractivity contribution in [3.8, 4) is 0 Å². The lowest BCUT2D eigenvalue weighted by Gasteiger charge is -2.03. The highest BCUT2D eigenvalue weighted by molar-refractivity contribution is 7.22. The average Bonchev–Trinajstić information content (AvgIpc) is 2.94. The lowest BCUT2D eigenvalue weighted by atomic mass is 10.1. The van der Waals surface area contributed by atoms with Gasteiger partial charge in [0.05, 0.1) is 10.2 Å². The number of nitrogens with zero attached hydrogens (tertiary/aromatic N) is 1. The lowest BCUT2D eigenvalue weighted by Crippen LogP contribution is -2.15. The van der Waals surface area contributed by atoms with Gasteiger partial charge in [-0.2, -0.15) is 0 Å². The second-order valence-electron chi connectivity index (χ2n) is 5.48. The Labute approximate surface area is 142 Å². The van der Waals surface area contributed by atoms with Crippen LogP contribution < -0.4 is 5.32 Å². The summed E-state index contributed by atoms with van der Waals surface area (Å²) in [5.41, 5.74) is 1.37. The summed E-state index contributed by atoms with van der Waals surface area (Å²) in [5, 5.41) is 2.80. The fourth-order valence-electron chi connectivity index (χ4n) is 2.43. The predicted molar refractivity (Wildman–Crippen MR) is 92.5 cm³/mol. The zero-order chi connectivity index (χ0) is 17.1. The molecule has 3 nitrogen and oxygen atoms in total. The Morgan fingerprint density at radius 3 is 2.67 bits per heavy atom. The number of nitrogens with one attached hydrogen (secondary N) is 1. The molecule has 0 fully saturated rings. The van der Waals surface area contributed by atoms with Gasteiger partial charge in [0.25, 0.3) is 5.91 Å². The highest BCUT2D eigenvalue weighted by Crippen LogP contribution is 2.28. The van der Waals surface area contributed by atoms with Crippen LogP contribution >= 0.6 is 11.3 Å². The number of thiazole rings is 1. The molecule has 124 valence electrons. The number of aryl methyl sites for hydroxylation is 1. The molecule has 2 aromatic carbocycles. The van der Waals surface area contributed by atoms with Gasteiger partial charge < -0.3 is 0 Å². The van der Waals surface area contributed by atoms with Gasteiger partial charge in [-0.05, 0) is 42.7 Å². The maximum atomic E-state index is 13.7. The van der Waals surface area contributed by atoms with E-state index in [0.29, 0.717) is 5.13 Å². The van der Waals surface area contributed by atoms with Gasteiger partial charge in [-0.25, -0.2) is 13.8 Å². The van der Waals surface area contributed by atoms with Crippen LogP contribution in [0.2, 0.25) is 0 Å². The zero-order valence-corrected chi connectivity index (χ0v) is 13.9. The molecule has 3 rings (SSSR count). The predicted octanol–water partition coefficient (Wildman–Crippen LogP) is 5.17. The first-order valence-electron chi connectivity index (χ1n) is 7.73. The monoisotopic (exact) mass is 346 g/mol. The molecule has 0 aliphatic rings. The highest BCUT2D eigenvalue weighted by Gasteiger charge is 2.18. The van der Waals surface area contributed by atoms with Crippen LogP contribution in [-0.4, -0.2) is 10.9 Å². The Kier molecular flexibility index (Phi) is 4.85. The molecule has 24 heavy (non-hydrogen) atoms. The van der Waals surface area contributed by atoms with Crippen molar-refractivity contribution in [1.82, 2.24) is 4.98 Å². The van der Waals surface area contributed by atoms with Crippen molar-refractivity contribution in [2.45, 2.75) is 26.2 Å². The first kappa shape index (κ1) is 16.5. The molecular formula is C18H16F2N2OS. The van der Waals surface area contributed by atoms with Gasteiger partial charge in [0.2, 0.25) is 0 Å². The molecule has 0 aliphatic heterocycles. The van der Waals surface area contributed by atoms with Crippen molar-refractivity contribution in [2.75, 3.05) is 5.32 Å². The van der Waals surface area contributed by atoms with E-state index >= 15 is 0 Å². The Morgan fingerprint density at radius 1 is 1.21 bits per heavy atom. The summed E-state index contributed by atoms with van der Waals surface area (Å²) in [6.07, 6.45) is 3.23. The number of hydrogen-bond donors (Lipinski definition) is 1. The molecule has 1 aromatic heterocycles. The summed E-state index contributed by atoms with van der Waals surface area (Å²) in [4.78, 5) is 16.4. The number of rotatable bonds is 5. The van der Waals surface area contributed by atoms with Gasteiger partial charge >= 0.3 is 0 Å². The van der Waals surface area contributed by atoms with E-state index in [-0.39, 0.29) is 0 Å². The topological polar surface area (TPSA) is 42.0 Å². The largest absolute Gasteiger partial charge is 0.298 e. The smallest absolute Gasteiger partial charge is 0.263 e. The number of benzene rings is 2. The van der Waals surface area contributed by atoms with Crippen molar-refractivity contribution >= 4 is 32.6 Å². The summed E-state index contributed by atoms with van der Waals surface area (Å²) in [7, 11) is 0. The molecule has 0 bridgehead atoms. The van der Waals surface area contributed by atoms with E-state index in [1.165, 1.54) is 23.0 Å². The molecule has 0 saturated heterocycles. The van der Waals surface area contributed by atoms with Crippen LogP contribution in [0.5, 0.6) is 0 Å². The van der Waals surface area contributed by atoms with Crippen molar-refractivity contribution in [3.05, 3.63) is 59.2 Å². The number of carbonyl (C=O) groups excluding carboxylic acids is 1. The minimum Gasteiger partial charge on any atom is -0.298 e. The summed E-state index contributed by atoms with van der Waals surface area (Å²) < 4.78 is 28.3. The number of anilines is 1. The van der Waals surface area contributed by atoms with Gasteiger partial charge in [-0.3, -0.25) is 10.1 Å². The third kappa shape index (κ3) is 3.43. The van der Waals surface area contributed by atoms with Crippen molar-refractivity contribution < 1.29 is 13.6 Å². The second kappa shape index (κ2) is 7.05. The Hall–Kier alpha value is -2.34. The first-order chi connectivity index (χ1) is 11.6. The van der Waals surface area contributed by atoms with Crippen molar-refractivity contribution in [2.24, 2.45) is 0 Å². The molecule has 0 saturated carbocycles. The summed E-state index contributed by atoms with van der Waals surface area (Å²) >= 11 is 1.29. The zero-order valence-electron chi connectivity index (χ0n) is 13.1. The SMILES string of the molecule is CCCCc1ccc2nc(NC(=O)c3c(F)cccc3F)sc2c1. The Bertz CT molecular complexity index is 872. The van der Waals surface area contributed by atoms with E-state index in [1.54, 1.807) is 0 Å². The molecule has 0 spiro atoms. The van der Waals surface area contributed by atoms with Crippen molar-refractivity contribution in [3.63, 3.8) is 0 Å². The van der Waals surface area contributed by atoms with Crippen LogP contribution in [0.4, 0.5) is 13.9 Å². The molecule has 1 heterocycles. The van der Waals surface area contributed by atoms with Gasteiger partial charge in [-0.15, -0.1) is 0 Å². The number of amides is 1. The molecule has 3 aromatic rings. The number of aromatic nitrogens is 1. The van der Waals surface area contributed by atoms with E-state index in [4.69, 9.17) is 0 Å².